The van der Waals surface area contributed by atoms with E-state index in [-0.39, 0.29) is 18.1 Å². The topological polar surface area (TPSA) is 59.3 Å². The minimum atomic E-state index is -0.708. The number of carbonyl (C=O) groups is 1. The lowest BCUT2D eigenvalue weighted by molar-refractivity contribution is -0.133. The van der Waals surface area contributed by atoms with Crippen molar-refractivity contribution in [2.24, 2.45) is 0 Å². The number of rotatable bonds is 7. The molecule has 0 aliphatic rings. The summed E-state index contributed by atoms with van der Waals surface area (Å²) in [5.74, 6) is -0.653. The van der Waals surface area contributed by atoms with E-state index in [9.17, 15) is 4.79 Å². The second-order valence-corrected chi connectivity index (χ2v) is 2.58. The fourth-order valence-electron chi connectivity index (χ4n) is 0.792. The lowest BCUT2D eigenvalue weighted by Crippen LogP contribution is -2.04. The summed E-state index contributed by atoms with van der Waals surface area (Å²) in [5, 5.41) is 8.81. The third kappa shape index (κ3) is 4.82. The summed E-state index contributed by atoms with van der Waals surface area (Å²) < 4.78 is 9.90. The Morgan fingerprint density at radius 1 is 1.31 bits per heavy atom. The average molecular weight is 219 g/mol. The predicted octanol–water partition coefficient (Wildman–Crippen LogP) is 2.23. The summed E-state index contributed by atoms with van der Waals surface area (Å²) in [4.78, 5) is 10.9. The zero-order chi connectivity index (χ0) is 12.4. The summed E-state index contributed by atoms with van der Waals surface area (Å²) in [7, 11) is 0. The van der Waals surface area contributed by atoms with Gasteiger partial charge in [-0.2, -0.15) is 5.26 Å². The van der Waals surface area contributed by atoms with E-state index in [2.05, 4.69) is 19.7 Å². The highest BCUT2D eigenvalue weighted by Gasteiger charge is 2.11. The van der Waals surface area contributed by atoms with Crippen molar-refractivity contribution < 1.29 is 14.3 Å². The number of esters is 1. The number of hydrogen-bond donors (Lipinski definition) is 0. The molecule has 0 radical (unpaired) electrons. The van der Waals surface area contributed by atoms with Crippen LogP contribution in [0.25, 0.3) is 0 Å². The molecule has 16 heavy (non-hydrogen) atoms. The number of hydrogen-bond acceptors (Lipinski definition) is 4. The lowest BCUT2D eigenvalue weighted by atomic mass is 10.3. The van der Waals surface area contributed by atoms with Crippen LogP contribution in [0.2, 0.25) is 0 Å². The molecule has 0 saturated carbocycles. The standard InChI is InChI=1S/C12H13NO3/c1-4-7-10(15-8-5-2)11(9-13)16-12(14)6-3/h4-6H,1-3,7-8H2. The minimum absolute atomic E-state index is 0.188. The van der Waals surface area contributed by atoms with E-state index in [1.807, 2.05) is 0 Å². The van der Waals surface area contributed by atoms with Crippen molar-refractivity contribution in [3.05, 3.63) is 49.5 Å². The summed E-state index contributed by atoms with van der Waals surface area (Å²) in [6.45, 7) is 10.4. The molecule has 4 heteroatoms. The van der Waals surface area contributed by atoms with E-state index in [1.165, 1.54) is 12.2 Å². The summed E-state index contributed by atoms with van der Waals surface area (Å²) in [6.07, 6.45) is 4.32. The molecule has 0 bridgehead atoms. The number of carbonyl (C=O) groups excluding carboxylic acids is 1. The first-order chi connectivity index (χ1) is 7.69. The van der Waals surface area contributed by atoms with Crippen LogP contribution in [0.1, 0.15) is 6.42 Å². The van der Waals surface area contributed by atoms with Crippen LogP contribution < -0.4 is 0 Å². The van der Waals surface area contributed by atoms with Gasteiger partial charge >= 0.3 is 5.97 Å². The van der Waals surface area contributed by atoms with Crippen LogP contribution in [0.3, 0.4) is 0 Å². The maximum atomic E-state index is 10.9. The van der Waals surface area contributed by atoms with Gasteiger partial charge in [0.2, 0.25) is 5.76 Å². The second-order valence-electron chi connectivity index (χ2n) is 2.58. The fourth-order valence-corrected chi connectivity index (χ4v) is 0.792. The number of allylic oxidation sites excluding steroid dienone is 2. The van der Waals surface area contributed by atoms with Gasteiger partial charge in [-0.1, -0.05) is 25.3 Å². The first-order valence-electron chi connectivity index (χ1n) is 4.51. The predicted molar refractivity (Wildman–Crippen MR) is 59.9 cm³/mol. The van der Waals surface area contributed by atoms with E-state index in [4.69, 9.17) is 14.7 Å². The molecular formula is C12H13NO3. The Balaban J connectivity index is 4.90. The normalized spacial score (nSPS) is 10.4. The molecule has 0 aromatic rings. The van der Waals surface area contributed by atoms with Gasteiger partial charge in [0.15, 0.2) is 5.76 Å². The molecule has 0 N–H and O–H groups in total. The SMILES string of the molecule is C=CCOC(CC=C)=C(C#N)OC(=O)C=C. The number of nitrogens with zero attached hydrogens (tertiary/aromatic N) is 1. The van der Waals surface area contributed by atoms with Crippen molar-refractivity contribution in [2.75, 3.05) is 6.61 Å². The Morgan fingerprint density at radius 3 is 2.44 bits per heavy atom. The van der Waals surface area contributed by atoms with Crippen molar-refractivity contribution in [2.45, 2.75) is 6.42 Å². The monoisotopic (exact) mass is 219 g/mol. The summed E-state index contributed by atoms with van der Waals surface area (Å²) in [5.41, 5.74) is 0. The summed E-state index contributed by atoms with van der Waals surface area (Å²) in [6, 6.07) is 1.74. The van der Waals surface area contributed by atoms with Gasteiger partial charge in [0.05, 0.1) is 0 Å². The van der Waals surface area contributed by atoms with Crippen molar-refractivity contribution >= 4 is 5.97 Å². The van der Waals surface area contributed by atoms with Crippen LogP contribution in [0.15, 0.2) is 49.5 Å². The average Bonchev–Trinajstić information content (AvgIpc) is 2.31. The van der Waals surface area contributed by atoms with E-state index >= 15 is 0 Å². The minimum Gasteiger partial charge on any atom is -0.489 e. The molecule has 0 unspecified atom stereocenters. The van der Waals surface area contributed by atoms with Gasteiger partial charge in [-0.3, -0.25) is 0 Å². The molecule has 0 aliphatic carbocycles. The van der Waals surface area contributed by atoms with Gasteiger partial charge in [0.25, 0.3) is 0 Å². The fraction of sp³-hybridized carbons (Fsp3) is 0.167. The second kappa shape index (κ2) is 8.06. The maximum absolute atomic E-state index is 10.9. The van der Waals surface area contributed by atoms with Crippen LogP contribution in [0, 0.1) is 11.3 Å². The van der Waals surface area contributed by atoms with Gasteiger partial charge in [0.1, 0.15) is 12.7 Å². The smallest absolute Gasteiger partial charge is 0.336 e. The molecular weight excluding hydrogens is 206 g/mol. The van der Waals surface area contributed by atoms with Crippen LogP contribution in [-0.4, -0.2) is 12.6 Å². The molecule has 0 aromatic carbocycles. The highest BCUT2D eigenvalue weighted by molar-refractivity contribution is 5.82. The quantitative estimate of drug-likeness (QED) is 0.216. The Kier molecular flexibility index (Phi) is 6.91. The Hall–Kier alpha value is -2.28. The zero-order valence-electron chi connectivity index (χ0n) is 8.94. The highest BCUT2D eigenvalue weighted by Crippen LogP contribution is 2.12. The Bertz CT molecular complexity index is 361. The van der Waals surface area contributed by atoms with E-state index in [0.29, 0.717) is 6.42 Å². The number of ether oxygens (including phenoxy) is 2. The molecule has 0 spiro atoms. The summed E-state index contributed by atoms with van der Waals surface area (Å²) >= 11 is 0. The molecule has 4 nitrogen and oxygen atoms in total. The third-order valence-corrected chi connectivity index (χ3v) is 1.43. The Labute approximate surface area is 94.8 Å². The third-order valence-electron chi connectivity index (χ3n) is 1.43. The molecule has 0 atom stereocenters. The van der Waals surface area contributed by atoms with Crippen molar-refractivity contribution in [1.82, 2.24) is 0 Å². The van der Waals surface area contributed by atoms with Gasteiger partial charge in [-0.15, -0.1) is 6.58 Å². The molecule has 0 heterocycles. The van der Waals surface area contributed by atoms with Crippen LogP contribution in [-0.2, 0) is 14.3 Å². The van der Waals surface area contributed by atoms with Crippen LogP contribution in [0.5, 0.6) is 0 Å². The van der Waals surface area contributed by atoms with Crippen molar-refractivity contribution in [3.63, 3.8) is 0 Å². The van der Waals surface area contributed by atoms with Crippen molar-refractivity contribution in [1.29, 1.82) is 5.26 Å². The maximum Gasteiger partial charge on any atom is 0.336 e. The Morgan fingerprint density at radius 2 is 2.00 bits per heavy atom. The molecule has 0 fully saturated rings. The largest absolute Gasteiger partial charge is 0.489 e. The zero-order valence-corrected chi connectivity index (χ0v) is 8.94. The number of nitriles is 1. The van der Waals surface area contributed by atoms with Gasteiger partial charge in [-0.25, -0.2) is 4.79 Å². The van der Waals surface area contributed by atoms with Crippen LogP contribution >= 0.6 is 0 Å². The van der Waals surface area contributed by atoms with E-state index < -0.39 is 5.97 Å². The molecule has 0 saturated heterocycles. The molecule has 84 valence electrons. The van der Waals surface area contributed by atoms with Crippen LogP contribution in [0.4, 0.5) is 0 Å². The van der Waals surface area contributed by atoms with Gasteiger partial charge < -0.3 is 9.47 Å². The molecule has 0 rings (SSSR count). The highest BCUT2D eigenvalue weighted by atomic mass is 16.6. The van der Waals surface area contributed by atoms with E-state index in [1.54, 1.807) is 6.07 Å². The van der Waals surface area contributed by atoms with Gasteiger partial charge in [-0.05, 0) is 0 Å². The first kappa shape index (κ1) is 13.7. The molecule has 0 aliphatic heterocycles. The first-order valence-corrected chi connectivity index (χ1v) is 4.51. The molecule has 0 aromatic heterocycles. The van der Waals surface area contributed by atoms with E-state index in [0.717, 1.165) is 6.08 Å². The van der Waals surface area contributed by atoms with Crippen molar-refractivity contribution in [3.8, 4) is 6.07 Å². The molecule has 0 amide bonds. The van der Waals surface area contributed by atoms with Gasteiger partial charge in [0, 0.05) is 12.5 Å². The lowest BCUT2D eigenvalue weighted by Gasteiger charge is -2.08.